The molecule has 0 unspecified atom stereocenters. The van der Waals surface area contributed by atoms with Crippen LogP contribution in [-0.4, -0.2) is 24.3 Å². The van der Waals surface area contributed by atoms with Gasteiger partial charge in [-0.2, -0.15) is 5.26 Å². The van der Waals surface area contributed by atoms with E-state index in [1.165, 1.54) is 18.4 Å². The number of rotatable bonds is 6. The Kier molecular flexibility index (Phi) is 6.71. The van der Waals surface area contributed by atoms with Gasteiger partial charge in [-0.25, -0.2) is 9.79 Å². The molecule has 37 heavy (non-hydrogen) atoms. The molecule has 184 valence electrons. The molecule has 1 aromatic heterocycles. The number of ether oxygens (including phenoxy) is 2. The van der Waals surface area contributed by atoms with Gasteiger partial charge in [0.25, 0.3) is 5.56 Å². The number of hydrogen-bond donors (Lipinski definition) is 0. The zero-order chi connectivity index (χ0) is 25.9. The van der Waals surface area contributed by atoms with Crippen molar-refractivity contribution >= 4 is 34.2 Å². The van der Waals surface area contributed by atoms with E-state index in [0.29, 0.717) is 38.3 Å². The van der Waals surface area contributed by atoms with Gasteiger partial charge in [-0.05, 0) is 34.9 Å². The van der Waals surface area contributed by atoms with E-state index in [-0.39, 0.29) is 12.2 Å². The van der Waals surface area contributed by atoms with Gasteiger partial charge >= 0.3 is 5.97 Å². The number of nitrogens with zero attached hydrogens (tertiary/aromatic N) is 3. The molecule has 0 radical (unpaired) electrons. The highest BCUT2D eigenvalue weighted by molar-refractivity contribution is 7.07. The number of methoxy groups -OCH3 is 1. The molecule has 0 fully saturated rings. The third-order valence-corrected chi connectivity index (χ3v) is 7.25. The van der Waals surface area contributed by atoms with Crippen LogP contribution >= 0.6 is 11.3 Å². The van der Waals surface area contributed by atoms with Crippen LogP contribution in [0.25, 0.3) is 16.8 Å². The maximum Gasteiger partial charge on any atom is 0.338 e. The first-order valence-corrected chi connectivity index (χ1v) is 12.6. The van der Waals surface area contributed by atoms with Crippen LogP contribution in [0.1, 0.15) is 30.5 Å². The number of carbonyl (C=O) groups is 1. The maximum absolute atomic E-state index is 13.9. The van der Waals surface area contributed by atoms with Crippen molar-refractivity contribution < 1.29 is 14.3 Å². The van der Waals surface area contributed by atoms with Crippen molar-refractivity contribution in [3.8, 4) is 11.8 Å². The van der Waals surface area contributed by atoms with E-state index >= 15 is 0 Å². The molecule has 0 saturated carbocycles. The Balaban J connectivity index is 1.80. The minimum atomic E-state index is -0.663. The minimum Gasteiger partial charge on any atom is -0.478 e. The Bertz CT molecular complexity index is 1760. The van der Waals surface area contributed by atoms with E-state index in [9.17, 15) is 9.59 Å². The van der Waals surface area contributed by atoms with Crippen molar-refractivity contribution in [1.29, 1.82) is 5.26 Å². The molecule has 1 atom stereocenters. The van der Waals surface area contributed by atoms with Crippen LogP contribution in [0.5, 0.6) is 5.75 Å². The predicted octanol–water partition coefficient (Wildman–Crippen LogP) is 3.85. The summed E-state index contributed by atoms with van der Waals surface area (Å²) < 4.78 is 12.8. The van der Waals surface area contributed by atoms with Gasteiger partial charge in [-0.15, -0.1) is 0 Å². The molecule has 3 aromatic carbocycles. The number of allylic oxidation sites excluding steroid dienone is 1. The topological polar surface area (TPSA) is 93.7 Å². The maximum atomic E-state index is 13.9. The lowest BCUT2D eigenvalue weighted by atomic mass is 9.95. The van der Waals surface area contributed by atoms with E-state index in [1.54, 1.807) is 16.7 Å². The zero-order valence-corrected chi connectivity index (χ0v) is 21.1. The summed E-state index contributed by atoms with van der Waals surface area (Å²) in [6, 6.07) is 22.3. The highest BCUT2D eigenvalue weighted by atomic mass is 32.1. The molecule has 1 aliphatic rings. The summed E-state index contributed by atoms with van der Waals surface area (Å²) in [6.45, 7) is 1.81. The van der Waals surface area contributed by atoms with E-state index in [4.69, 9.17) is 19.7 Å². The van der Waals surface area contributed by atoms with Crippen LogP contribution in [0, 0.1) is 11.3 Å². The summed E-state index contributed by atoms with van der Waals surface area (Å²) in [5.41, 5.74) is 2.18. The number of benzene rings is 3. The second-order valence-electron chi connectivity index (χ2n) is 8.34. The average Bonchev–Trinajstić information content (AvgIpc) is 3.25. The summed E-state index contributed by atoms with van der Waals surface area (Å²) in [4.78, 5) is 32.1. The number of hydrogen-bond acceptors (Lipinski definition) is 7. The van der Waals surface area contributed by atoms with Crippen LogP contribution in [0.3, 0.4) is 0 Å². The molecule has 8 heteroatoms. The van der Waals surface area contributed by atoms with E-state index in [1.807, 2.05) is 73.7 Å². The summed E-state index contributed by atoms with van der Waals surface area (Å²) in [5, 5.41) is 10.9. The summed E-state index contributed by atoms with van der Waals surface area (Å²) in [6.07, 6.45) is 2.29. The number of aromatic nitrogens is 1. The Hall–Kier alpha value is -4.48. The highest BCUT2D eigenvalue weighted by Gasteiger charge is 2.33. The fraction of sp³-hybridized carbons (Fsp3) is 0.172. The number of fused-ring (bicyclic) bond motifs is 2. The molecule has 7 nitrogen and oxygen atoms in total. The van der Waals surface area contributed by atoms with Crippen molar-refractivity contribution in [1.82, 2.24) is 4.57 Å². The van der Waals surface area contributed by atoms with Gasteiger partial charge < -0.3 is 9.47 Å². The van der Waals surface area contributed by atoms with Gasteiger partial charge in [0.15, 0.2) is 11.4 Å². The third kappa shape index (κ3) is 4.34. The largest absolute Gasteiger partial charge is 0.478 e. The van der Waals surface area contributed by atoms with Crippen LogP contribution in [0.4, 0.5) is 0 Å². The molecule has 0 amide bonds. The highest BCUT2D eigenvalue weighted by Crippen LogP contribution is 2.32. The van der Waals surface area contributed by atoms with E-state index < -0.39 is 12.0 Å². The average molecular weight is 510 g/mol. The lowest BCUT2D eigenvalue weighted by Crippen LogP contribution is -2.40. The van der Waals surface area contributed by atoms with Crippen molar-refractivity contribution in [3.05, 3.63) is 109 Å². The van der Waals surface area contributed by atoms with Crippen LogP contribution in [0.2, 0.25) is 0 Å². The molecular weight excluding hydrogens is 486 g/mol. The number of esters is 1. The number of nitriles is 1. The van der Waals surface area contributed by atoms with Crippen molar-refractivity contribution in [2.24, 2.45) is 4.99 Å². The van der Waals surface area contributed by atoms with Gasteiger partial charge in [-0.1, -0.05) is 78.9 Å². The summed E-state index contributed by atoms with van der Waals surface area (Å²) in [7, 11) is 1.33. The van der Waals surface area contributed by atoms with Gasteiger partial charge in [0, 0.05) is 5.56 Å². The van der Waals surface area contributed by atoms with Gasteiger partial charge in [0.1, 0.15) is 11.8 Å². The molecular formula is C29H23N3O4S. The first kappa shape index (κ1) is 24.2. The molecule has 0 saturated heterocycles. The monoisotopic (exact) mass is 509 g/mol. The van der Waals surface area contributed by atoms with Gasteiger partial charge in [-0.3, -0.25) is 9.36 Å². The van der Waals surface area contributed by atoms with E-state index in [0.717, 1.165) is 16.3 Å². The molecule has 0 spiro atoms. The van der Waals surface area contributed by atoms with Crippen molar-refractivity contribution in [2.45, 2.75) is 19.4 Å². The molecule has 0 bridgehead atoms. The molecule has 1 aliphatic heterocycles. The second kappa shape index (κ2) is 10.2. The zero-order valence-electron chi connectivity index (χ0n) is 20.3. The smallest absolute Gasteiger partial charge is 0.338 e. The lowest BCUT2D eigenvalue weighted by molar-refractivity contribution is -0.136. The fourth-order valence-electron chi connectivity index (χ4n) is 4.61. The molecule has 4 aromatic rings. The Morgan fingerprint density at radius 2 is 1.89 bits per heavy atom. The minimum absolute atomic E-state index is 0.114. The summed E-state index contributed by atoms with van der Waals surface area (Å²) >= 11 is 1.26. The standard InChI is InChI=1S/C29H23N3O4S/c1-3-22-25(28(34)35-2)26(19-10-5-4-6-11-19)32-27(33)24(37-29(32)31-22)17-21-20-12-8-7-9-18(20)13-14-23(21)36-16-15-30/h4-14,17,26H,3,16H2,1-2H3/b24-17+/t26-/m1/s1. The van der Waals surface area contributed by atoms with Gasteiger partial charge in [0.2, 0.25) is 0 Å². The van der Waals surface area contributed by atoms with Crippen LogP contribution in [-0.2, 0) is 9.53 Å². The van der Waals surface area contributed by atoms with Crippen molar-refractivity contribution in [3.63, 3.8) is 0 Å². The first-order chi connectivity index (χ1) is 18.1. The fourth-order valence-corrected chi connectivity index (χ4v) is 5.61. The number of thiazole rings is 1. The van der Waals surface area contributed by atoms with E-state index in [2.05, 4.69) is 0 Å². The summed E-state index contributed by atoms with van der Waals surface area (Å²) in [5.74, 6) is 0.000155. The Labute approximate surface area is 216 Å². The molecule has 0 N–H and O–H groups in total. The quantitative estimate of drug-likeness (QED) is 0.368. The number of carbonyl (C=O) groups excluding carboxylic acids is 1. The molecule has 2 heterocycles. The SMILES string of the molecule is CCC1=C(C(=O)OC)[C@@H](c2ccccc2)n2c(s/c(=C/c3c(OCC#N)ccc4ccccc34)c2=O)=N1. The Morgan fingerprint density at radius 1 is 1.14 bits per heavy atom. The van der Waals surface area contributed by atoms with Crippen molar-refractivity contribution in [2.75, 3.05) is 13.7 Å². The van der Waals surface area contributed by atoms with Crippen LogP contribution in [0.15, 0.2) is 87.8 Å². The first-order valence-electron chi connectivity index (χ1n) is 11.8. The van der Waals surface area contributed by atoms with Crippen LogP contribution < -0.4 is 19.6 Å². The Morgan fingerprint density at radius 3 is 2.62 bits per heavy atom. The molecule has 0 aliphatic carbocycles. The third-order valence-electron chi connectivity index (χ3n) is 6.26. The second-order valence-corrected chi connectivity index (χ2v) is 9.35. The normalized spacial score (nSPS) is 15.2. The lowest BCUT2D eigenvalue weighted by Gasteiger charge is -2.25. The molecule has 5 rings (SSSR count). The van der Waals surface area contributed by atoms with Gasteiger partial charge in [0.05, 0.1) is 29.0 Å². The predicted molar refractivity (Wildman–Crippen MR) is 142 cm³/mol.